The van der Waals surface area contributed by atoms with E-state index in [2.05, 4.69) is 5.32 Å². The van der Waals surface area contributed by atoms with E-state index in [0.29, 0.717) is 34.1 Å². The van der Waals surface area contributed by atoms with Crippen molar-refractivity contribution in [1.29, 1.82) is 0 Å². The van der Waals surface area contributed by atoms with Crippen molar-refractivity contribution in [3.63, 3.8) is 0 Å². The van der Waals surface area contributed by atoms with Crippen molar-refractivity contribution in [3.05, 3.63) is 47.0 Å². The summed E-state index contributed by atoms with van der Waals surface area (Å²) in [7, 11) is 2.58. The summed E-state index contributed by atoms with van der Waals surface area (Å²) in [4.78, 5) is 12.7. The molecular weight excluding hydrogens is 396 g/mol. The van der Waals surface area contributed by atoms with E-state index in [-0.39, 0.29) is 12.5 Å². The number of amides is 1. The third-order valence-electron chi connectivity index (χ3n) is 4.56. The predicted molar refractivity (Wildman–Crippen MR) is 112 cm³/mol. The Kier molecular flexibility index (Phi) is 6.97. The molecule has 2 aromatic rings. The second-order valence-corrected chi connectivity index (χ2v) is 8.41. The summed E-state index contributed by atoms with van der Waals surface area (Å²) in [6.45, 7) is 1.94. The Morgan fingerprint density at radius 2 is 1.66 bits per heavy atom. The number of sulfonamides is 1. The van der Waals surface area contributed by atoms with Gasteiger partial charge in [0.15, 0.2) is 11.5 Å². The quantitative estimate of drug-likeness (QED) is 0.702. The van der Waals surface area contributed by atoms with Crippen LogP contribution in [0.2, 0.25) is 0 Å². The van der Waals surface area contributed by atoms with Crippen molar-refractivity contribution in [2.24, 2.45) is 0 Å². The zero-order chi connectivity index (χ0) is 21.8. The molecule has 29 heavy (non-hydrogen) atoms. The standard InChI is InChI=1S/C20H26N2O6S/c1-13-15(8-7-9-16(13)22(2)29(6,24)25)20(23)21-12-14-10-17(26-3)19(28-5)18(11-14)27-4/h7-11H,12H2,1-6H3,(H,21,23). The van der Waals surface area contributed by atoms with Crippen LogP contribution in [0, 0.1) is 6.92 Å². The number of nitrogens with one attached hydrogen (secondary N) is 1. The number of carbonyl (C=O) groups is 1. The van der Waals surface area contributed by atoms with Crippen molar-refractivity contribution in [2.75, 3.05) is 38.9 Å². The van der Waals surface area contributed by atoms with Crippen LogP contribution in [-0.4, -0.2) is 49.0 Å². The first-order valence-electron chi connectivity index (χ1n) is 8.74. The molecule has 0 spiro atoms. The first-order valence-corrected chi connectivity index (χ1v) is 10.6. The van der Waals surface area contributed by atoms with E-state index >= 15 is 0 Å². The van der Waals surface area contributed by atoms with Gasteiger partial charge in [0.2, 0.25) is 15.8 Å². The van der Waals surface area contributed by atoms with E-state index in [1.165, 1.54) is 28.4 Å². The SMILES string of the molecule is COc1cc(CNC(=O)c2cccc(N(C)S(C)(=O)=O)c2C)cc(OC)c1OC. The lowest BCUT2D eigenvalue weighted by molar-refractivity contribution is 0.0950. The van der Waals surface area contributed by atoms with Gasteiger partial charge in [0.1, 0.15) is 0 Å². The maximum Gasteiger partial charge on any atom is 0.251 e. The zero-order valence-electron chi connectivity index (χ0n) is 17.4. The highest BCUT2D eigenvalue weighted by molar-refractivity contribution is 7.92. The highest BCUT2D eigenvalue weighted by Gasteiger charge is 2.19. The molecule has 0 saturated carbocycles. The second-order valence-electron chi connectivity index (χ2n) is 6.40. The van der Waals surface area contributed by atoms with Gasteiger partial charge < -0.3 is 19.5 Å². The molecule has 9 heteroatoms. The number of hydrogen-bond donors (Lipinski definition) is 1. The van der Waals surface area contributed by atoms with Crippen LogP contribution < -0.4 is 23.8 Å². The fourth-order valence-corrected chi connectivity index (χ4v) is 3.46. The number of benzene rings is 2. The molecule has 8 nitrogen and oxygen atoms in total. The number of hydrogen-bond acceptors (Lipinski definition) is 6. The van der Waals surface area contributed by atoms with Crippen LogP contribution in [-0.2, 0) is 16.6 Å². The van der Waals surface area contributed by atoms with Crippen LogP contribution in [0.5, 0.6) is 17.2 Å². The van der Waals surface area contributed by atoms with Crippen molar-refractivity contribution in [2.45, 2.75) is 13.5 Å². The molecule has 0 heterocycles. The van der Waals surface area contributed by atoms with Gasteiger partial charge in [-0.25, -0.2) is 8.42 Å². The second kappa shape index (κ2) is 9.04. The van der Waals surface area contributed by atoms with Crippen molar-refractivity contribution in [1.82, 2.24) is 5.32 Å². The van der Waals surface area contributed by atoms with E-state index in [9.17, 15) is 13.2 Å². The Labute approximate surface area is 171 Å². The van der Waals surface area contributed by atoms with Crippen LogP contribution in [0.3, 0.4) is 0 Å². The molecule has 0 aliphatic heterocycles. The maximum absolute atomic E-state index is 12.7. The van der Waals surface area contributed by atoms with Gasteiger partial charge in [-0.15, -0.1) is 0 Å². The molecule has 0 fully saturated rings. The predicted octanol–water partition coefficient (Wildman–Crippen LogP) is 2.35. The molecule has 2 rings (SSSR count). The lowest BCUT2D eigenvalue weighted by Crippen LogP contribution is -2.28. The minimum atomic E-state index is -3.44. The molecule has 1 amide bonds. The summed E-state index contributed by atoms with van der Waals surface area (Å²) >= 11 is 0. The molecule has 158 valence electrons. The molecule has 0 radical (unpaired) electrons. The minimum Gasteiger partial charge on any atom is -0.493 e. The summed E-state index contributed by atoms with van der Waals surface area (Å²) in [5.41, 5.74) is 2.18. The molecule has 0 aliphatic rings. The highest BCUT2D eigenvalue weighted by atomic mass is 32.2. The molecule has 2 aromatic carbocycles. The number of carbonyl (C=O) groups excluding carboxylic acids is 1. The van der Waals surface area contributed by atoms with Crippen LogP contribution in [0.4, 0.5) is 5.69 Å². The fraction of sp³-hybridized carbons (Fsp3) is 0.350. The number of methoxy groups -OCH3 is 3. The van der Waals surface area contributed by atoms with Gasteiger partial charge in [-0.05, 0) is 42.3 Å². The van der Waals surface area contributed by atoms with Crippen molar-refractivity contribution in [3.8, 4) is 17.2 Å². The molecule has 0 unspecified atom stereocenters. The first-order chi connectivity index (χ1) is 13.6. The Bertz CT molecular complexity index is 979. The van der Waals surface area contributed by atoms with Gasteiger partial charge in [0.05, 0.1) is 33.3 Å². The lowest BCUT2D eigenvalue weighted by Gasteiger charge is -2.20. The number of rotatable bonds is 8. The fourth-order valence-electron chi connectivity index (χ4n) is 2.90. The Morgan fingerprint density at radius 3 is 2.14 bits per heavy atom. The number of ether oxygens (including phenoxy) is 3. The molecule has 0 aromatic heterocycles. The van der Waals surface area contributed by atoms with Crippen molar-refractivity contribution >= 4 is 21.6 Å². The van der Waals surface area contributed by atoms with Gasteiger partial charge >= 0.3 is 0 Å². The van der Waals surface area contributed by atoms with Crippen LogP contribution in [0.1, 0.15) is 21.5 Å². The summed E-state index contributed by atoms with van der Waals surface area (Å²) in [5.74, 6) is 1.13. The summed E-state index contributed by atoms with van der Waals surface area (Å²) in [5, 5.41) is 2.84. The zero-order valence-corrected chi connectivity index (χ0v) is 18.2. The molecule has 0 aliphatic carbocycles. The van der Waals surface area contributed by atoms with Crippen LogP contribution in [0.25, 0.3) is 0 Å². The molecular formula is C20H26N2O6S. The van der Waals surface area contributed by atoms with Gasteiger partial charge in [0.25, 0.3) is 5.91 Å². The van der Waals surface area contributed by atoms with E-state index in [1.807, 2.05) is 0 Å². The maximum atomic E-state index is 12.7. The smallest absolute Gasteiger partial charge is 0.251 e. The van der Waals surface area contributed by atoms with Crippen LogP contribution >= 0.6 is 0 Å². The highest BCUT2D eigenvalue weighted by Crippen LogP contribution is 2.38. The summed E-state index contributed by atoms with van der Waals surface area (Å²) in [6.07, 6.45) is 1.11. The normalized spacial score (nSPS) is 11.0. The number of nitrogens with zero attached hydrogens (tertiary/aromatic N) is 1. The minimum absolute atomic E-state index is 0.223. The average Bonchev–Trinajstić information content (AvgIpc) is 2.69. The summed E-state index contributed by atoms with van der Waals surface area (Å²) in [6, 6.07) is 8.47. The monoisotopic (exact) mass is 422 g/mol. The Hall–Kier alpha value is -2.94. The largest absolute Gasteiger partial charge is 0.493 e. The van der Waals surface area contributed by atoms with E-state index in [0.717, 1.165) is 16.1 Å². The average molecular weight is 423 g/mol. The van der Waals surface area contributed by atoms with Gasteiger partial charge in [-0.2, -0.15) is 0 Å². The topological polar surface area (TPSA) is 94.2 Å². The van der Waals surface area contributed by atoms with E-state index in [4.69, 9.17) is 14.2 Å². The van der Waals surface area contributed by atoms with Crippen molar-refractivity contribution < 1.29 is 27.4 Å². The first kappa shape index (κ1) is 22.4. The molecule has 0 bridgehead atoms. The number of anilines is 1. The van der Waals surface area contributed by atoms with Gasteiger partial charge in [0, 0.05) is 19.2 Å². The van der Waals surface area contributed by atoms with E-state index in [1.54, 1.807) is 37.3 Å². The Balaban J connectivity index is 2.26. The van der Waals surface area contributed by atoms with Gasteiger partial charge in [-0.1, -0.05) is 6.07 Å². The van der Waals surface area contributed by atoms with Crippen LogP contribution in [0.15, 0.2) is 30.3 Å². The van der Waals surface area contributed by atoms with Gasteiger partial charge in [-0.3, -0.25) is 9.10 Å². The summed E-state index contributed by atoms with van der Waals surface area (Å²) < 4.78 is 40.8. The van der Waals surface area contributed by atoms with E-state index < -0.39 is 10.0 Å². The lowest BCUT2D eigenvalue weighted by atomic mass is 10.1. The third-order valence-corrected chi connectivity index (χ3v) is 5.76. The molecule has 1 N–H and O–H groups in total. The molecule has 0 atom stereocenters. The molecule has 0 saturated heterocycles. The Morgan fingerprint density at radius 1 is 1.07 bits per heavy atom. The third kappa shape index (κ3) is 4.92.